The number of fused-ring (bicyclic) bond motifs is 1. The van der Waals surface area contributed by atoms with Gasteiger partial charge in [-0.1, -0.05) is 17.9 Å². The second-order valence-corrected chi connectivity index (χ2v) is 8.51. The first-order chi connectivity index (χ1) is 15.9. The fraction of sp³-hybridized carbons (Fsp3) is 0.174. The van der Waals surface area contributed by atoms with Crippen molar-refractivity contribution in [1.82, 2.24) is 19.7 Å². The number of aliphatic hydroxyl groups excluding tert-OH is 1. The first kappa shape index (κ1) is 22.3. The van der Waals surface area contributed by atoms with Gasteiger partial charge < -0.3 is 15.7 Å². The van der Waals surface area contributed by atoms with Gasteiger partial charge >= 0.3 is 0 Å². The molecular weight excluding hydrogens is 438 g/mol. The van der Waals surface area contributed by atoms with Crippen molar-refractivity contribution >= 4 is 39.0 Å². The van der Waals surface area contributed by atoms with Gasteiger partial charge in [-0.15, -0.1) is 0 Å². The summed E-state index contributed by atoms with van der Waals surface area (Å²) in [6, 6.07) is 12.3. The summed E-state index contributed by atoms with van der Waals surface area (Å²) in [5, 5.41) is 21.0. The van der Waals surface area contributed by atoms with Gasteiger partial charge in [-0.05, 0) is 43.3 Å². The van der Waals surface area contributed by atoms with Crippen molar-refractivity contribution in [3.63, 3.8) is 0 Å². The molecule has 4 rings (SSSR count). The van der Waals surface area contributed by atoms with Crippen LogP contribution in [0.1, 0.15) is 18.1 Å². The molecular formula is C23H23N7O2S. The van der Waals surface area contributed by atoms with Crippen molar-refractivity contribution in [3.8, 4) is 11.8 Å². The molecule has 0 fully saturated rings. The summed E-state index contributed by atoms with van der Waals surface area (Å²) in [6.07, 6.45) is 3.41. The Morgan fingerprint density at radius 1 is 1.15 bits per heavy atom. The zero-order valence-electron chi connectivity index (χ0n) is 18.1. The number of nitrogens with one attached hydrogen (secondary N) is 3. The Hall–Kier alpha value is -3.94. The van der Waals surface area contributed by atoms with Gasteiger partial charge in [0.2, 0.25) is 5.95 Å². The molecule has 1 unspecified atom stereocenters. The third-order valence-corrected chi connectivity index (χ3v) is 5.69. The van der Waals surface area contributed by atoms with E-state index in [0.29, 0.717) is 27.9 Å². The van der Waals surface area contributed by atoms with Gasteiger partial charge in [-0.3, -0.25) is 9.46 Å². The van der Waals surface area contributed by atoms with E-state index in [1.807, 2.05) is 32.2 Å². The first-order valence-electron chi connectivity index (χ1n) is 10.2. The number of benzene rings is 2. The highest BCUT2D eigenvalue weighted by Gasteiger charge is 2.10. The molecule has 2 aromatic heterocycles. The summed E-state index contributed by atoms with van der Waals surface area (Å²) in [5.41, 5.74) is 3.12. The molecule has 168 valence electrons. The number of hydrogen-bond donors (Lipinski definition) is 5. The van der Waals surface area contributed by atoms with Crippen LogP contribution in [0.5, 0.6) is 0 Å². The molecule has 0 amide bonds. The van der Waals surface area contributed by atoms with Gasteiger partial charge in [0.15, 0.2) is 0 Å². The van der Waals surface area contributed by atoms with Crippen LogP contribution in [0, 0.1) is 16.6 Å². The fourth-order valence-corrected chi connectivity index (χ4v) is 3.57. The zero-order chi connectivity index (χ0) is 23.4. The molecule has 2 heterocycles. The first-order valence-corrected chi connectivity index (χ1v) is 11.4. The van der Waals surface area contributed by atoms with Gasteiger partial charge in [-0.25, -0.2) is 9.19 Å². The van der Waals surface area contributed by atoms with E-state index in [9.17, 15) is 9.32 Å². The number of hydrogen-bond acceptors (Lipinski definition) is 8. The molecule has 2 aromatic carbocycles. The lowest BCUT2D eigenvalue weighted by molar-refractivity contribution is 0.281. The quantitative estimate of drug-likeness (QED) is 0.221. The van der Waals surface area contributed by atoms with Crippen molar-refractivity contribution in [1.29, 1.82) is 4.78 Å². The lowest BCUT2D eigenvalue weighted by Crippen LogP contribution is -2.21. The highest BCUT2D eigenvalue weighted by atomic mass is 32.2. The van der Waals surface area contributed by atoms with E-state index in [4.69, 9.17) is 4.78 Å². The normalized spacial score (nSPS) is 12.6. The second kappa shape index (κ2) is 9.68. The predicted molar refractivity (Wildman–Crippen MR) is 129 cm³/mol. The van der Waals surface area contributed by atoms with E-state index >= 15 is 0 Å². The monoisotopic (exact) mass is 461 g/mol. The van der Waals surface area contributed by atoms with E-state index in [0.717, 1.165) is 16.5 Å². The minimum Gasteiger partial charge on any atom is -0.394 e. The van der Waals surface area contributed by atoms with Crippen molar-refractivity contribution < 1.29 is 9.32 Å². The molecule has 0 aliphatic carbocycles. The Bertz CT molecular complexity index is 1420. The third kappa shape index (κ3) is 5.11. The van der Waals surface area contributed by atoms with Gasteiger partial charge in [0.25, 0.3) is 0 Å². The Balaban J connectivity index is 1.66. The highest BCUT2D eigenvalue weighted by Crippen LogP contribution is 2.20. The number of nitrogens with zero attached hydrogens (tertiary/aromatic N) is 4. The molecule has 33 heavy (non-hydrogen) atoms. The average Bonchev–Trinajstić information content (AvgIpc) is 3.20. The molecule has 4 aromatic rings. The average molecular weight is 462 g/mol. The van der Waals surface area contributed by atoms with Gasteiger partial charge in [0.1, 0.15) is 5.82 Å². The molecule has 2 atom stereocenters. The number of aliphatic hydroxyl groups is 1. The second-order valence-electron chi connectivity index (χ2n) is 7.41. The van der Waals surface area contributed by atoms with Crippen LogP contribution in [0.2, 0.25) is 0 Å². The summed E-state index contributed by atoms with van der Waals surface area (Å²) in [7, 11) is -0.249. The maximum atomic E-state index is 11.3. The summed E-state index contributed by atoms with van der Waals surface area (Å²) in [6.45, 7) is 1.77. The van der Waals surface area contributed by atoms with E-state index in [2.05, 4.69) is 37.5 Å². The number of thiol groups is 1. The molecule has 9 nitrogen and oxygen atoms in total. The van der Waals surface area contributed by atoms with Crippen LogP contribution in [0.3, 0.4) is 0 Å². The molecule has 10 heteroatoms. The number of anilines is 3. The minimum atomic E-state index is -2.14. The Labute approximate surface area is 192 Å². The third-order valence-electron chi connectivity index (χ3n) is 4.93. The molecule has 0 aliphatic rings. The predicted octanol–water partition coefficient (Wildman–Crippen LogP) is 2.90. The molecule has 0 saturated carbocycles. The molecule has 0 saturated heterocycles. The molecule has 0 radical (unpaired) electrons. The van der Waals surface area contributed by atoms with Crippen molar-refractivity contribution in [2.75, 3.05) is 17.2 Å². The van der Waals surface area contributed by atoms with Gasteiger partial charge in [0.05, 0.1) is 40.7 Å². The van der Waals surface area contributed by atoms with E-state index < -0.39 is 10.6 Å². The lowest BCUT2D eigenvalue weighted by atomic mass is 10.1. The largest absolute Gasteiger partial charge is 0.394 e. The molecule has 0 bridgehead atoms. The highest BCUT2D eigenvalue weighted by molar-refractivity contribution is 7.73. The van der Waals surface area contributed by atoms with Gasteiger partial charge in [0, 0.05) is 34.6 Å². The van der Waals surface area contributed by atoms with Gasteiger partial charge in [-0.2, -0.15) is 10.1 Å². The molecule has 4 N–H and O–H groups in total. The standard InChI is InChI=1S/C23H23N7O2S/c1-15(14-31)27-22-17(7-6-16-4-3-5-21-20(16)13-26-30(21)2)12-25-23(29-22)28-18-8-10-19(11-9-18)33(24)32/h3-5,8-13,15,24,31,33H,14H2,1-2H3,(H2,25,27,28,29)/t15-/m1/s1. The number of rotatable bonds is 6. The number of aromatic nitrogens is 4. The Morgan fingerprint density at radius 3 is 2.64 bits per heavy atom. The smallest absolute Gasteiger partial charge is 0.229 e. The SMILES string of the molecule is C[C@H](CO)Nc1nc(Nc2ccc([SH](=N)=O)cc2)ncc1C#Cc1cccc2c1cnn2C. The number of aryl methyl sites for hydroxylation is 1. The zero-order valence-corrected chi connectivity index (χ0v) is 19.0. The fourth-order valence-electron chi connectivity index (χ4n) is 3.15. The van der Waals surface area contributed by atoms with Crippen LogP contribution >= 0.6 is 0 Å². The summed E-state index contributed by atoms with van der Waals surface area (Å²) < 4.78 is 20.4. The maximum Gasteiger partial charge on any atom is 0.229 e. The molecule has 0 aliphatic heterocycles. The van der Waals surface area contributed by atoms with E-state index in [-0.39, 0.29) is 12.6 Å². The van der Waals surface area contributed by atoms with Crippen LogP contribution in [0.25, 0.3) is 10.9 Å². The topological polar surface area (TPSA) is 129 Å². The van der Waals surface area contributed by atoms with Crippen molar-refractivity contribution in [2.24, 2.45) is 7.05 Å². The van der Waals surface area contributed by atoms with Crippen molar-refractivity contribution in [2.45, 2.75) is 17.9 Å². The van der Waals surface area contributed by atoms with E-state index in [1.165, 1.54) is 0 Å². The summed E-state index contributed by atoms with van der Waals surface area (Å²) >= 11 is 0. The van der Waals surface area contributed by atoms with Crippen LogP contribution in [-0.2, 0) is 17.6 Å². The summed E-state index contributed by atoms with van der Waals surface area (Å²) in [4.78, 5) is 9.35. The van der Waals surface area contributed by atoms with Crippen LogP contribution in [0.15, 0.2) is 59.8 Å². The Kier molecular flexibility index (Phi) is 6.53. The summed E-state index contributed by atoms with van der Waals surface area (Å²) in [5.74, 6) is 7.15. The lowest BCUT2D eigenvalue weighted by Gasteiger charge is -2.14. The maximum absolute atomic E-state index is 11.3. The minimum absolute atomic E-state index is 0.0681. The van der Waals surface area contributed by atoms with Crippen molar-refractivity contribution in [3.05, 3.63) is 66.0 Å². The molecule has 0 spiro atoms. The van der Waals surface area contributed by atoms with Crippen LogP contribution in [0.4, 0.5) is 17.5 Å². The van der Waals surface area contributed by atoms with E-state index in [1.54, 1.807) is 41.3 Å². The Morgan fingerprint density at radius 2 is 1.91 bits per heavy atom. The van der Waals surface area contributed by atoms with Crippen LogP contribution < -0.4 is 10.6 Å². The van der Waals surface area contributed by atoms with Crippen LogP contribution in [-0.4, -0.2) is 41.7 Å².